The number of esters is 1. The quantitative estimate of drug-likeness (QED) is 0.829. The van der Waals surface area contributed by atoms with Crippen molar-refractivity contribution in [3.63, 3.8) is 0 Å². The number of ether oxygens (including phenoxy) is 1. The van der Waals surface area contributed by atoms with Gasteiger partial charge in [0, 0.05) is 25.4 Å². The number of nitrogens with one attached hydrogen (secondary N) is 1. The zero-order valence-corrected chi connectivity index (χ0v) is 11.4. The topological polar surface area (TPSA) is 79.5 Å². The van der Waals surface area contributed by atoms with Crippen LogP contribution in [0, 0.1) is 5.92 Å². The summed E-state index contributed by atoms with van der Waals surface area (Å²) in [5.41, 5.74) is 0.224. The molecule has 0 saturated carbocycles. The molecule has 2 rings (SSSR count). The number of hydrogen-bond acceptors (Lipinski definition) is 4. The zero-order chi connectivity index (χ0) is 14.5. The molecule has 0 aromatic carbocycles. The number of aromatic amines is 1. The van der Waals surface area contributed by atoms with Gasteiger partial charge in [-0.2, -0.15) is 0 Å². The predicted octanol–water partition coefficient (Wildman–Crippen LogP) is 0.790. The summed E-state index contributed by atoms with van der Waals surface area (Å²) in [5, 5.41) is 0. The van der Waals surface area contributed by atoms with Gasteiger partial charge in [0.2, 0.25) is 5.56 Å². The molecule has 1 aliphatic rings. The van der Waals surface area contributed by atoms with Gasteiger partial charge in [-0.15, -0.1) is 0 Å². The number of hydrogen-bond donors (Lipinski definition) is 1. The second-order valence-corrected chi connectivity index (χ2v) is 4.76. The highest BCUT2D eigenvalue weighted by Gasteiger charge is 2.28. The van der Waals surface area contributed by atoms with Crippen molar-refractivity contribution in [2.45, 2.75) is 19.8 Å². The average molecular weight is 278 g/mol. The van der Waals surface area contributed by atoms with Gasteiger partial charge in [-0.3, -0.25) is 14.4 Å². The van der Waals surface area contributed by atoms with Crippen molar-refractivity contribution >= 4 is 11.9 Å². The third kappa shape index (κ3) is 3.26. The van der Waals surface area contributed by atoms with Crippen molar-refractivity contribution in [2.75, 3.05) is 19.7 Å². The number of piperidine rings is 1. The lowest BCUT2D eigenvalue weighted by Gasteiger charge is -2.30. The molecule has 1 saturated heterocycles. The largest absolute Gasteiger partial charge is 0.466 e. The average Bonchev–Trinajstić information content (AvgIpc) is 2.48. The molecule has 0 radical (unpaired) electrons. The van der Waals surface area contributed by atoms with Crippen LogP contribution in [-0.4, -0.2) is 41.5 Å². The molecule has 1 amide bonds. The SMILES string of the molecule is CCOC(=O)C1CCN(C(=O)c2ccc(=O)[nH]c2)CC1. The van der Waals surface area contributed by atoms with E-state index >= 15 is 0 Å². The Morgan fingerprint density at radius 2 is 2.05 bits per heavy atom. The highest BCUT2D eigenvalue weighted by Crippen LogP contribution is 2.20. The number of amides is 1. The fraction of sp³-hybridized carbons (Fsp3) is 0.500. The Bertz CT molecular complexity index is 524. The second-order valence-electron chi connectivity index (χ2n) is 4.76. The Labute approximate surface area is 116 Å². The molecular formula is C14H18N2O4. The highest BCUT2D eigenvalue weighted by molar-refractivity contribution is 5.94. The van der Waals surface area contributed by atoms with Gasteiger partial charge in [0.05, 0.1) is 18.1 Å². The number of carbonyl (C=O) groups is 2. The molecule has 0 atom stereocenters. The van der Waals surface area contributed by atoms with Crippen LogP contribution in [-0.2, 0) is 9.53 Å². The molecule has 0 spiro atoms. The number of H-pyrrole nitrogens is 1. The predicted molar refractivity (Wildman–Crippen MR) is 72.3 cm³/mol. The first kappa shape index (κ1) is 14.3. The van der Waals surface area contributed by atoms with Crippen molar-refractivity contribution in [2.24, 2.45) is 5.92 Å². The molecule has 0 aliphatic carbocycles. The van der Waals surface area contributed by atoms with E-state index in [2.05, 4.69) is 4.98 Å². The monoisotopic (exact) mass is 278 g/mol. The third-order valence-electron chi connectivity index (χ3n) is 3.43. The summed E-state index contributed by atoms with van der Waals surface area (Å²) in [7, 11) is 0. The molecular weight excluding hydrogens is 260 g/mol. The van der Waals surface area contributed by atoms with E-state index in [0.717, 1.165) is 0 Å². The Morgan fingerprint density at radius 1 is 1.35 bits per heavy atom. The molecule has 1 aliphatic heterocycles. The van der Waals surface area contributed by atoms with Crippen LogP contribution in [0.5, 0.6) is 0 Å². The van der Waals surface area contributed by atoms with Crippen molar-refractivity contribution in [3.05, 3.63) is 34.2 Å². The first-order chi connectivity index (χ1) is 9.61. The second kappa shape index (κ2) is 6.36. The Hall–Kier alpha value is -2.11. The molecule has 20 heavy (non-hydrogen) atoms. The first-order valence-corrected chi connectivity index (χ1v) is 6.76. The summed E-state index contributed by atoms with van der Waals surface area (Å²) in [6.45, 7) is 3.23. The van der Waals surface area contributed by atoms with Crippen LogP contribution < -0.4 is 5.56 Å². The van der Waals surface area contributed by atoms with Crippen molar-refractivity contribution in [1.82, 2.24) is 9.88 Å². The summed E-state index contributed by atoms with van der Waals surface area (Å²) in [6.07, 6.45) is 2.66. The fourth-order valence-corrected chi connectivity index (χ4v) is 2.30. The molecule has 1 aromatic heterocycles. The number of aromatic nitrogens is 1. The number of nitrogens with zero attached hydrogens (tertiary/aromatic N) is 1. The van der Waals surface area contributed by atoms with Gasteiger partial charge in [-0.1, -0.05) is 0 Å². The van der Waals surface area contributed by atoms with E-state index < -0.39 is 0 Å². The molecule has 6 nitrogen and oxygen atoms in total. The van der Waals surface area contributed by atoms with Crippen molar-refractivity contribution in [3.8, 4) is 0 Å². The lowest BCUT2D eigenvalue weighted by Crippen LogP contribution is -2.40. The van der Waals surface area contributed by atoms with Crippen LogP contribution in [0.15, 0.2) is 23.1 Å². The van der Waals surface area contributed by atoms with E-state index in [1.807, 2.05) is 0 Å². The lowest BCUT2D eigenvalue weighted by molar-refractivity contribution is -0.149. The van der Waals surface area contributed by atoms with E-state index in [9.17, 15) is 14.4 Å². The maximum atomic E-state index is 12.2. The number of pyridine rings is 1. The first-order valence-electron chi connectivity index (χ1n) is 6.76. The van der Waals surface area contributed by atoms with E-state index in [1.54, 1.807) is 11.8 Å². The summed E-state index contributed by atoms with van der Waals surface area (Å²) in [4.78, 5) is 39.0. The van der Waals surface area contributed by atoms with Crippen LogP contribution in [0.1, 0.15) is 30.1 Å². The van der Waals surface area contributed by atoms with Crippen LogP contribution in [0.3, 0.4) is 0 Å². The van der Waals surface area contributed by atoms with Crippen molar-refractivity contribution in [1.29, 1.82) is 0 Å². The van der Waals surface area contributed by atoms with Crippen LogP contribution in [0.2, 0.25) is 0 Å². The maximum absolute atomic E-state index is 12.2. The summed E-state index contributed by atoms with van der Waals surface area (Å²) >= 11 is 0. The number of likely N-dealkylation sites (tertiary alicyclic amines) is 1. The van der Waals surface area contributed by atoms with E-state index in [0.29, 0.717) is 38.1 Å². The van der Waals surface area contributed by atoms with Gasteiger partial charge in [0.15, 0.2) is 0 Å². The lowest BCUT2D eigenvalue weighted by atomic mass is 9.96. The zero-order valence-electron chi connectivity index (χ0n) is 11.4. The molecule has 6 heteroatoms. The number of carbonyl (C=O) groups excluding carboxylic acids is 2. The highest BCUT2D eigenvalue weighted by atomic mass is 16.5. The molecule has 0 bridgehead atoms. The fourth-order valence-electron chi connectivity index (χ4n) is 2.30. The minimum atomic E-state index is -0.234. The number of rotatable bonds is 3. The summed E-state index contributed by atoms with van der Waals surface area (Å²) in [5.74, 6) is -0.415. The molecule has 108 valence electrons. The Balaban J connectivity index is 1.93. The van der Waals surface area contributed by atoms with E-state index in [4.69, 9.17) is 4.74 Å². The van der Waals surface area contributed by atoms with Crippen molar-refractivity contribution < 1.29 is 14.3 Å². The van der Waals surface area contributed by atoms with Crippen LogP contribution in [0.4, 0.5) is 0 Å². The molecule has 0 unspecified atom stereocenters. The van der Waals surface area contributed by atoms with Crippen LogP contribution >= 0.6 is 0 Å². The smallest absolute Gasteiger partial charge is 0.309 e. The van der Waals surface area contributed by atoms with E-state index in [1.165, 1.54) is 18.3 Å². The summed E-state index contributed by atoms with van der Waals surface area (Å²) < 4.78 is 4.99. The van der Waals surface area contributed by atoms with Gasteiger partial charge in [-0.25, -0.2) is 0 Å². The van der Waals surface area contributed by atoms with Gasteiger partial charge >= 0.3 is 5.97 Å². The van der Waals surface area contributed by atoms with Crippen LogP contribution in [0.25, 0.3) is 0 Å². The minimum absolute atomic E-state index is 0.116. The van der Waals surface area contributed by atoms with Gasteiger partial charge < -0.3 is 14.6 Å². The van der Waals surface area contributed by atoms with Gasteiger partial charge in [-0.05, 0) is 25.8 Å². The Morgan fingerprint density at radius 3 is 2.60 bits per heavy atom. The van der Waals surface area contributed by atoms with Gasteiger partial charge in [0.1, 0.15) is 0 Å². The minimum Gasteiger partial charge on any atom is -0.466 e. The molecule has 1 N–H and O–H groups in total. The molecule has 2 heterocycles. The standard InChI is InChI=1S/C14H18N2O4/c1-2-20-14(19)10-5-7-16(8-6-10)13(18)11-3-4-12(17)15-9-11/h3-4,9-10H,2,5-8H2,1H3,(H,15,17). The Kier molecular flexibility index (Phi) is 4.55. The molecule has 1 fully saturated rings. The normalized spacial score (nSPS) is 15.9. The molecule has 1 aromatic rings. The van der Waals surface area contributed by atoms with Gasteiger partial charge in [0.25, 0.3) is 5.91 Å². The maximum Gasteiger partial charge on any atom is 0.309 e. The third-order valence-corrected chi connectivity index (χ3v) is 3.43. The summed E-state index contributed by atoms with van der Waals surface area (Å²) in [6, 6.07) is 2.84. The van der Waals surface area contributed by atoms with E-state index in [-0.39, 0.29) is 23.4 Å².